The Kier molecular flexibility index (Phi) is 4.81. The summed E-state index contributed by atoms with van der Waals surface area (Å²) in [6, 6.07) is 7.42. The lowest BCUT2D eigenvalue weighted by Gasteiger charge is -2.26. The van der Waals surface area contributed by atoms with Crippen molar-refractivity contribution < 1.29 is 23.9 Å². The molecule has 2 aliphatic rings. The SMILES string of the molecule is COc1c2c(c(C(=O)/C=C/c3ccccc3Cl)c3c1OCO3)CC[NH+](C)C2. The fourth-order valence-electron chi connectivity index (χ4n) is 3.72. The maximum Gasteiger partial charge on any atom is 0.231 e. The van der Waals surface area contributed by atoms with Crippen LogP contribution in [0.15, 0.2) is 30.3 Å². The molecule has 0 fully saturated rings. The maximum absolute atomic E-state index is 13.1. The number of ketones is 1. The van der Waals surface area contributed by atoms with Crippen molar-refractivity contribution in [2.75, 3.05) is 27.5 Å². The van der Waals surface area contributed by atoms with E-state index in [9.17, 15) is 4.79 Å². The highest BCUT2D eigenvalue weighted by atomic mass is 35.5. The van der Waals surface area contributed by atoms with Crippen LogP contribution in [0, 0.1) is 0 Å². The van der Waals surface area contributed by atoms with Crippen molar-refractivity contribution in [3.05, 3.63) is 57.6 Å². The third-order valence-electron chi connectivity index (χ3n) is 5.04. The first-order chi connectivity index (χ1) is 13.1. The number of benzene rings is 2. The smallest absolute Gasteiger partial charge is 0.231 e. The molecule has 27 heavy (non-hydrogen) atoms. The largest absolute Gasteiger partial charge is 0.492 e. The second-order valence-electron chi connectivity index (χ2n) is 6.78. The molecule has 4 rings (SSSR count). The molecule has 2 heterocycles. The minimum atomic E-state index is -0.116. The van der Waals surface area contributed by atoms with Crippen LogP contribution in [0.2, 0.25) is 5.02 Å². The number of likely N-dealkylation sites (N-methyl/N-ethyl adjacent to an activating group) is 1. The summed E-state index contributed by atoms with van der Waals surface area (Å²) in [4.78, 5) is 14.5. The molecular formula is C21H21ClNO4+. The zero-order valence-corrected chi connectivity index (χ0v) is 16.1. The summed E-state index contributed by atoms with van der Waals surface area (Å²) in [6.07, 6.45) is 4.08. The van der Waals surface area contributed by atoms with Gasteiger partial charge in [0.2, 0.25) is 12.5 Å². The Hall–Kier alpha value is -2.50. The van der Waals surface area contributed by atoms with Gasteiger partial charge in [-0.05, 0) is 29.3 Å². The molecule has 0 spiro atoms. The van der Waals surface area contributed by atoms with Gasteiger partial charge in [0.25, 0.3) is 0 Å². The molecule has 2 aromatic carbocycles. The lowest BCUT2D eigenvalue weighted by atomic mass is 9.90. The number of hydrogen-bond acceptors (Lipinski definition) is 4. The van der Waals surface area contributed by atoms with E-state index >= 15 is 0 Å². The third kappa shape index (κ3) is 3.17. The van der Waals surface area contributed by atoms with Crippen LogP contribution < -0.4 is 19.1 Å². The highest BCUT2D eigenvalue weighted by Gasteiger charge is 2.35. The van der Waals surface area contributed by atoms with Gasteiger partial charge in [0.1, 0.15) is 6.54 Å². The van der Waals surface area contributed by atoms with Crippen molar-refractivity contribution in [1.82, 2.24) is 0 Å². The van der Waals surface area contributed by atoms with Crippen LogP contribution in [0.3, 0.4) is 0 Å². The van der Waals surface area contributed by atoms with Gasteiger partial charge >= 0.3 is 0 Å². The van der Waals surface area contributed by atoms with E-state index < -0.39 is 0 Å². The molecular weight excluding hydrogens is 366 g/mol. The molecule has 140 valence electrons. The average molecular weight is 387 g/mol. The molecule has 0 saturated heterocycles. The van der Waals surface area contributed by atoms with Gasteiger partial charge in [-0.15, -0.1) is 0 Å². The van der Waals surface area contributed by atoms with Crippen molar-refractivity contribution in [2.24, 2.45) is 0 Å². The van der Waals surface area contributed by atoms with Gasteiger partial charge in [-0.25, -0.2) is 0 Å². The summed E-state index contributed by atoms with van der Waals surface area (Å²) in [5, 5.41) is 0.605. The Labute approximate surface area is 163 Å². The van der Waals surface area contributed by atoms with E-state index in [0.29, 0.717) is 27.8 Å². The van der Waals surface area contributed by atoms with Gasteiger partial charge in [0, 0.05) is 11.4 Å². The van der Waals surface area contributed by atoms with Crippen molar-refractivity contribution in [2.45, 2.75) is 13.0 Å². The normalized spacial score (nSPS) is 17.8. The number of allylic oxidation sites excluding steroid dienone is 1. The summed E-state index contributed by atoms with van der Waals surface area (Å²) < 4.78 is 16.9. The van der Waals surface area contributed by atoms with Crippen LogP contribution in [0.25, 0.3) is 6.08 Å². The monoisotopic (exact) mass is 386 g/mol. The number of carbonyl (C=O) groups is 1. The molecule has 1 atom stereocenters. The molecule has 0 aromatic heterocycles. The Morgan fingerprint density at radius 2 is 2.00 bits per heavy atom. The first-order valence-corrected chi connectivity index (χ1v) is 9.27. The molecule has 6 heteroatoms. The molecule has 0 radical (unpaired) electrons. The van der Waals surface area contributed by atoms with Gasteiger partial charge in [-0.1, -0.05) is 29.8 Å². The van der Waals surface area contributed by atoms with E-state index in [2.05, 4.69) is 7.05 Å². The molecule has 2 aromatic rings. The summed E-state index contributed by atoms with van der Waals surface area (Å²) in [5.74, 6) is 1.58. The first kappa shape index (κ1) is 17.9. The van der Waals surface area contributed by atoms with Crippen LogP contribution in [0.1, 0.15) is 27.0 Å². The molecule has 5 nitrogen and oxygen atoms in total. The highest BCUT2D eigenvalue weighted by molar-refractivity contribution is 6.32. The Balaban J connectivity index is 1.81. The van der Waals surface area contributed by atoms with Crippen LogP contribution in [-0.4, -0.2) is 33.3 Å². The van der Waals surface area contributed by atoms with E-state index in [-0.39, 0.29) is 12.6 Å². The van der Waals surface area contributed by atoms with Gasteiger partial charge in [-0.2, -0.15) is 0 Å². The maximum atomic E-state index is 13.1. The topological polar surface area (TPSA) is 49.2 Å². The standard InChI is InChI=1S/C21H20ClNO4/c1-23-10-9-14-15(11-23)19(25-2)21-20(26-12-27-21)18(14)17(24)8-7-13-5-3-4-6-16(13)22/h3-8H,9-12H2,1-2H3/p+1/b8-7+. The summed E-state index contributed by atoms with van der Waals surface area (Å²) >= 11 is 6.19. The second kappa shape index (κ2) is 7.25. The van der Waals surface area contributed by atoms with Gasteiger partial charge in [0.15, 0.2) is 17.3 Å². The average Bonchev–Trinajstić information content (AvgIpc) is 3.14. The van der Waals surface area contributed by atoms with Crippen LogP contribution >= 0.6 is 11.6 Å². The summed E-state index contributed by atoms with van der Waals surface area (Å²) in [5.41, 5.74) is 3.40. The number of ether oxygens (including phenoxy) is 3. The summed E-state index contributed by atoms with van der Waals surface area (Å²) in [6.45, 7) is 1.82. The predicted octanol–water partition coefficient (Wildman–Crippen LogP) is 2.54. The van der Waals surface area contributed by atoms with Gasteiger partial charge < -0.3 is 19.1 Å². The zero-order chi connectivity index (χ0) is 19.0. The Bertz CT molecular complexity index is 938. The predicted molar refractivity (Wildman–Crippen MR) is 103 cm³/mol. The van der Waals surface area contributed by atoms with E-state index in [1.54, 1.807) is 25.3 Å². The number of carbonyl (C=O) groups excluding carboxylic acids is 1. The number of nitrogens with one attached hydrogen (secondary N) is 1. The number of methoxy groups -OCH3 is 1. The van der Waals surface area contributed by atoms with Gasteiger partial charge in [0.05, 0.1) is 31.8 Å². The van der Waals surface area contributed by atoms with Crippen LogP contribution in [0.5, 0.6) is 17.2 Å². The Morgan fingerprint density at radius 3 is 2.78 bits per heavy atom. The van der Waals surface area contributed by atoms with Crippen molar-refractivity contribution >= 4 is 23.5 Å². The number of fused-ring (bicyclic) bond motifs is 2. The molecule has 2 aliphatic heterocycles. The van der Waals surface area contributed by atoms with E-state index in [0.717, 1.165) is 36.2 Å². The number of rotatable bonds is 4. The molecule has 0 aliphatic carbocycles. The van der Waals surface area contributed by atoms with E-state index in [4.69, 9.17) is 25.8 Å². The first-order valence-electron chi connectivity index (χ1n) is 8.89. The molecule has 1 unspecified atom stereocenters. The van der Waals surface area contributed by atoms with Gasteiger partial charge in [-0.3, -0.25) is 4.79 Å². The highest BCUT2D eigenvalue weighted by Crippen LogP contribution is 2.48. The van der Waals surface area contributed by atoms with E-state index in [1.807, 2.05) is 18.2 Å². The zero-order valence-electron chi connectivity index (χ0n) is 15.3. The number of quaternary nitrogens is 1. The lowest BCUT2D eigenvalue weighted by Crippen LogP contribution is -3.08. The summed E-state index contributed by atoms with van der Waals surface area (Å²) in [7, 11) is 3.76. The van der Waals surface area contributed by atoms with Crippen molar-refractivity contribution in [1.29, 1.82) is 0 Å². The minimum Gasteiger partial charge on any atom is -0.492 e. The fourth-order valence-corrected chi connectivity index (χ4v) is 3.92. The fraction of sp³-hybridized carbons (Fsp3) is 0.286. The van der Waals surface area contributed by atoms with Crippen LogP contribution in [-0.2, 0) is 13.0 Å². The quantitative estimate of drug-likeness (QED) is 0.648. The minimum absolute atomic E-state index is 0.0891. The molecule has 0 bridgehead atoms. The molecule has 0 saturated carbocycles. The number of halogens is 1. The third-order valence-corrected chi connectivity index (χ3v) is 5.38. The molecule has 0 amide bonds. The molecule has 1 N–H and O–H groups in total. The van der Waals surface area contributed by atoms with Crippen LogP contribution in [0.4, 0.5) is 0 Å². The second-order valence-corrected chi connectivity index (χ2v) is 7.19. The lowest BCUT2D eigenvalue weighted by molar-refractivity contribution is -0.895. The van der Waals surface area contributed by atoms with Crippen molar-refractivity contribution in [3.63, 3.8) is 0 Å². The number of hydrogen-bond donors (Lipinski definition) is 1. The van der Waals surface area contributed by atoms with Crippen molar-refractivity contribution in [3.8, 4) is 17.2 Å². The van der Waals surface area contributed by atoms with E-state index in [1.165, 1.54) is 4.90 Å². The Morgan fingerprint density at radius 1 is 1.22 bits per heavy atom.